The van der Waals surface area contributed by atoms with Gasteiger partial charge in [0, 0.05) is 18.0 Å². The highest BCUT2D eigenvalue weighted by Crippen LogP contribution is 2.39. The van der Waals surface area contributed by atoms with Crippen molar-refractivity contribution < 1.29 is 19.1 Å². The summed E-state index contributed by atoms with van der Waals surface area (Å²) in [6, 6.07) is 14.5. The Kier molecular flexibility index (Phi) is 8.29. The summed E-state index contributed by atoms with van der Waals surface area (Å²) in [5, 5.41) is 0. The zero-order chi connectivity index (χ0) is 24.8. The number of imide groups is 1. The molecule has 0 radical (unpaired) electrons. The second kappa shape index (κ2) is 11.6. The van der Waals surface area contributed by atoms with Gasteiger partial charge in [0.05, 0.1) is 17.9 Å². The first kappa shape index (κ1) is 25.0. The Hall–Kier alpha value is -3.06. The maximum atomic E-state index is 13.7. The summed E-state index contributed by atoms with van der Waals surface area (Å²) in [6.07, 6.45) is 6.02. The van der Waals surface area contributed by atoms with Crippen LogP contribution in [-0.2, 0) is 14.3 Å². The third-order valence-electron chi connectivity index (χ3n) is 6.27. The van der Waals surface area contributed by atoms with E-state index in [1.54, 1.807) is 24.3 Å². The van der Waals surface area contributed by atoms with Gasteiger partial charge in [0.2, 0.25) is 0 Å². The molecule has 4 rings (SSSR count). The van der Waals surface area contributed by atoms with E-state index in [1.807, 2.05) is 38.1 Å². The highest BCUT2D eigenvalue weighted by molar-refractivity contribution is 8.04. The summed E-state index contributed by atoms with van der Waals surface area (Å²) in [6.45, 7) is 5.96. The average Bonchev–Trinajstić information content (AvgIpc) is 3.03. The number of carbonyl (C=O) groups is 3. The lowest BCUT2D eigenvalue weighted by atomic mass is 10.2. The fraction of sp³-hybridized carbons (Fsp3) is 0.393. The van der Waals surface area contributed by atoms with Gasteiger partial charge in [-0.25, -0.2) is 9.69 Å². The zero-order valence-corrected chi connectivity index (χ0v) is 21.2. The van der Waals surface area contributed by atoms with E-state index in [0.29, 0.717) is 28.5 Å². The van der Waals surface area contributed by atoms with Gasteiger partial charge in [-0.1, -0.05) is 55.6 Å². The Morgan fingerprint density at radius 2 is 1.57 bits per heavy atom. The number of amides is 2. The predicted molar refractivity (Wildman–Crippen MR) is 138 cm³/mol. The van der Waals surface area contributed by atoms with Gasteiger partial charge in [0.25, 0.3) is 11.8 Å². The molecule has 0 aromatic heterocycles. The maximum Gasteiger partial charge on any atom is 0.338 e. The third-order valence-corrected chi connectivity index (χ3v) is 7.35. The number of nitrogens with zero attached hydrogens (tertiary/aromatic N) is 2. The van der Waals surface area contributed by atoms with E-state index in [1.165, 1.54) is 16.7 Å². The highest BCUT2D eigenvalue weighted by atomic mass is 32.2. The first-order valence-electron chi connectivity index (χ1n) is 12.4. The van der Waals surface area contributed by atoms with E-state index in [0.717, 1.165) is 62.1 Å². The summed E-state index contributed by atoms with van der Waals surface area (Å²) in [5.74, 6) is -1.02. The SMILES string of the molecule is CCCCOC(=O)c1ccc(N2C(=O)C(Sc3ccc(C)cc3)=C(N3CCCCCC3)C2=O)cc1. The van der Waals surface area contributed by atoms with Crippen molar-refractivity contribution in [3.05, 3.63) is 70.3 Å². The molecule has 2 aromatic rings. The van der Waals surface area contributed by atoms with Crippen molar-refractivity contribution in [3.63, 3.8) is 0 Å². The lowest BCUT2D eigenvalue weighted by molar-refractivity contribution is -0.121. The van der Waals surface area contributed by atoms with Crippen LogP contribution in [0.4, 0.5) is 5.69 Å². The Morgan fingerprint density at radius 3 is 2.20 bits per heavy atom. The van der Waals surface area contributed by atoms with Gasteiger partial charge in [-0.3, -0.25) is 9.59 Å². The van der Waals surface area contributed by atoms with E-state index in [4.69, 9.17) is 4.74 Å². The molecule has 0 saturated carbocycles. The second-order valence-corrected chi connectivity index (χ2v) is 10.1. The number of aryl methyl sites for hydroxylation is 1. The van der Waals surface area contributed by atoms with Crippen molar-refractivity contribution in [2.45, 2.75) is 57.3 Å². The first-order chi connectivity index (χ1) is 17.0. The molecule has 7 heteroatoms. The third kappa shape index (κ3) is 5.78. The molecule has 0 spiro atoms. The number of carbonyl (C=O) groups excluding carboxylic acids is 3. The standard InChI is InChI=1S/C28H32N2O4S/c1-3-4-19-34-28(33)21-11-13-22(14-12-21)30-26(31)24(29-17-7-5-6-8-18-29)25(27(30)32)35-23-15-9-20(2)10-16-23/h9-16H,3-8,17-19H2,1-2H3. The fourth-order valence-corrected chi connectivity index (χ4v) is 5.26. The minimum atomic E-state index is -0.400. The quantitative estimate of drug-likeness (QED) is 0.267. The van der Waals surface area contributed by atoms with Crippen LogP contribution in [0.15, 0.2) is 64.0 Å². The van der Waals surface area contributed by atoms with E-state index < -0.39 is 5.97 Å². The van der Waals surface area contributed by atoms with Crippen LogP contribution in [0.1, 0.15) is 61.4 Å². The highest BCUT2D eigenvalue weighted by Gasteiger charge is 2.42. The zero-order valence-electron chi connectivity index (χ0n) is 20.4. The Labute approximate surface area is 211 Å². The molecule has 0 atom stereocenters. The molecule has 2 aliphatic heterocycles. The van der Waals surface area contributed by atoms with Crippen molar-refractivity contribution in [2.24, 2.45) is 0 Å². The van der Waals surface area contributed by atoms with Crippen molar-refractivity contribution in [3.8, 4) is 0 Å². The normalized spacial score (nSPS) is 16.6. The molecule has 0 N–H and O–H groups in total. The van der Waals surface area contributed by atoms with Gasteiger partial charge >= 0.3 is 5.97 Å². The molecule has 0 aliphatic carbocycles. The molecule has 2 aromatic carbocycles. The van der Waals surface area contributed by atoms with Crippen molar-refractivity contribution in [2.75, 3.05) is 24.6 Å². The Balaban J connectivity index is 1.61. The smallest absolute Gasteiger partial charge is 0.338 e. The van der Waals surface area contributed by atoms with Crippen LogP contribution >= 0.6 is 11.8 Å². The molecule has 2 amide bonds. The van der Waals surface area contributed by atoms with E-state index in [9.17, 15) is 14.4 Å². The van der Waals surface area contributed by atoms with Crippen molar-refractivity contribution in [1.82, 2.24) is 4.90 Å². The Bertz CT molecular complexity index is 1100. The summed E-state index contributed by atoms with van der Waals surface area (Å²) in [7, 11) is 0. The molecule has 184 valence electrons. The van der Waals surface area contributed by atoms with Crippen LogP contribution in [-0.4, -0.2) is 42.4 Å². The maximum absolute atomic E-state index is 13.7. The topological polar surface area (TPSA) is 66.9 Å². The number of likely N-dealkylation sites (tertiary alicyclic amines) is 1. The molecule has 1 fully saturated rings. The number of ether oxygens (including phenoxy) is 1. The van der Waals surface area contributed by atoms with Crippen LogP contribution in [0.25, 0.3) is 0 Å². The molecular formula is C28H32N2O4S. The van der Waals surface area contributed by atoms with Crippen LogP contribution in [0.2, 0.25) is 0 Å². The minimum Gasteiger partial charge on any atom is -0.462 e. The summed E-state index contributed by atoms with van der Waals surface area (Å²) in [4.78, 5) is 44.3. The number of thioether (sulfide) groups is 1. The molecule has 1 saturated heterocycles. The number of hydrogen-bond donors (Lipinski definition) is 0. The number of rotatable bonds is 8. The largest absolute Gasteiger partial charge is 0.462 e. The second-order valence-electron chi connectivity index (χ2n) is 8.98. The molecular weight excluding hydrogens is 460 g/mol. The monoisotopic (exact) mass is 492 g/mol. The van der Waals surface area contributed by atoms with Gasteiger partial charge < -0.3 is 9.64 Å². The predicted octanol–water partition coefficient (Wildman–Crippen LogP) is 5.71. The van der Waals surface area contributed by atoms with Gasteiger partial charge in [0.15, 0.2) is 0 Å². The lowest BCUT2D eigenvalue weighted by Crippen LogP contribution is -2.35. The summed E-state index contributed by atoms with van der Waals surface area (Å²) < 4.78 is 5.27. The average molecular weight is 493 g/mol. The number of benzene rings is 2. The minimum absolute atomic E-state index is 0.301. The van der Waals surface area contributed by atoms with E-state index in [2.05, 4.69) is 4.90 Å². The number of esters is 1. The van der Waals surface area contributed by atoms with Gasteiger partial charge in [-0.05, 0) is 62.6 Å². The number of anilines is 1. The Morgan fingerprint density at radius 1 is 0.914 bits per heavy atom. The van der Waals surface area contributed by atoms with Gasteiger partial charge in [0.1, 0.15) is 10.6 Å². The summed E-state index contributed by atoms with van der Waals surface area (Å²) in [5.41, 5.74) is 2.49. The molecule has 35 heavy (non-hydrogen) atoms. The van der Waals surface area contributed by atoms with Crippen molar-refractivity contribution in [1.29, 1.82) is 0 Å². The molecule has 2 aliphatic rings. The van der Waals surface area contributed by atoms with Crippen molar-refractivity contribution >= 4 is 35.2 Å². The van der Waals surface area contributed by atoms with Gasteiger partial charge in [-0.2, -0.15) is 0 Å². The number of hydrogen-bond acceptors (Lipinski definition) is 6. The first-order valence-corrected chi connectivity index (χ1v) is 13.2. The molecule has 2 heterocycles. The van der Waals surface area contributed by atoms with Gasteiger partial charge in [-0.15, -0.1) is 0 Å². The van der Waals surface area contributed by atoms with E-state index >= 15 is 0 Å². The fourth-order valence-electron chi connectivity index (χ4n) is 4.26. The van der Waals surface area contributed by atoms with E-state index in [-0.39, 0.29) is 11.8 Å². The van der Waals surface area contributed by atoms with Crippen LogP contribution in [0.5, 0.6) is 0 Å². The summed E-state index contributed by atoms with van der Waals surface area (Å²) >= 11 is 1.35. The molecule has 0 bridgehead atoms. The van der Waals surface area contributed by atoms with Crippen LogP contribution in [0, 0.1) is 6.92 Å². The van der Waals surface area contributed by atoms with Crippen LogP contribution < -0.4 is 4.90 Å². The molecule has 0 unspecified atom stereocenters. The number of unbranched alkanes of at least 4 members (excludes halogenated alkanes) is 1. The lowest BCUT2D eigenvalue weighted by Gasteiger charge is -2.24. The molecule has 6 nitrogen and oxygen atoms in total. The van der Waals surface area contributed by atoms with Crippen LogP contribution in [0.3, 0.4) is 0 Å².